The molecule has 2 rings (SSSR count). The summed E-state index contributed by atoms with van der Waals surface area (Å²) < 4.78 is 0. The van der Waals surface area contributed by atoms with E-state index < -0.39 is 0 Å². The van der Waals surface area contributed by atoms with Crippen LogP contribution in [0.3, 0.4) is 0 Å². The van der Waals surface area contributed by atoms with E-state index in [1.807, 2.05) is 18.2 Å². The summed E-state index contributed by atoms with van der Waals surface area (Å²) in [4.78, 5) is 0. The standard InChI is InChI=1S/C15H18N2/c1-10-4-5-11(2)15(8-10)17-14-7-6-13(16)9-12(14)3/h4-9,17H,16H2,1-3H3. The van der Waals surface area contributed by atoms with Gasteiger partial charge in [-0.3, -0.25) is 0 Å². The summed E-state index contributed by atoms with van der Waals surface area (Å²) in [5.41, 5.74) is 12.5. The second kappa shape index (κ2) is 4.50. The van der Waals surface area contributed by atoms with Crippen LogP contribution in [0.25, 0.3) is 0 Å². The average molecular weight is 226 g/mol. The van der Waals surface area contributed by atoms with E-state index in [0.29, 0.717) is 0 Å². The SMILES string of the molecule is Cc1ccc(C)c(Nc2ccc(N)cc2C)c1. The molecule has 88 valence electrons. The molecule has 2 heteroatoms. The van der Waals surface area contributed by atoms with Crippen molar-refractivity contribution in [3.05, 3.63) is 53.1 Å². The van der Waals surface area contributed by atoms with Crippen molar-refractivity contribution >= 4 is 17.1 Å². The van der Waals surface area contributed by atoms with E-state index in [2.05, 4.69) is 44.3 Å². The molecule has 0 aliphatic heterocycles. The lowest BCUT2D eigenvalue weighted by Crippen LogP contribution is -1.97. The van der Waals surface area contributed by atoms with E-state index in [1.54, 1.807) is 0 Å². The van der Waals surface area contributed by atoms with E-state index in [1.165, 1.54) is 11.1 Å². The molecule has 0 radical (unpaired) electrons. The van der Waals surface area contributed by atoms with E-state index in [0.717, 1.165) is 22.6 Å². The van der Waals surface area contributed by atoms with Gasteiger partial charge >= 0.3 is 0 Å². The minimum absolute atomic E-state index is 0.800. The van der Waals surface area contributed by atoms with E-state index in [4.69, 9.17) is 5.73 Å². The van der Waals surface area contributed by atoms with Gasteiger partial charge in [0.15, 0.2) is 0 Å². The Kier molecular flexibility index (Phi) is 3.05. The van der Waals surface area contributed by atoms with Crippen molar-refractivity contribution in [2.75, 3.05) is 11.1 Å². The summed E-state index contributed by atoms with van der Waals surface area (Å²) in [6, 6.07) is 12.3. The second-order valence-electron chi connectivity index (χ2n) is 4.52. The summed E-state index contributed by atoms with van der Waals surface area (Å²) in [5.74, 6) is 0. The molecule has 17 heavy (non-hydrogen) atoms. The Labute approximate surface area is 102 Å². The van der Waals surface area contributed by atoms with Gasteiger partial charge in [-0.25, -0.2) is 0 Å². The number of hydrogen-bond acceptors (Lipinski definition) is 2. The normalized spacial score (nSPS) is 10.3. The number of rotatable bonds is 2. The van der Waals surface area contributed by atoms with Crippen molar-refractivity contribution in [2.24, 2.45) is 0 Å². The first kappa shape index (κ1) is 11.5. The van der Waals surface area contributed by atoms with Crippen LogP contribution < -0.4 is 11.1 Å². The Morgan fingerprint density at radius 3 is 2.29 bits per heavy atom. The largest absolute Gasteiger partial charge is 0.399 e. The van der Waals surface area contributed by atoms with Crippen molar-refractivity contribution < 1.29 is 0 Å². The zero-order valence-corrected chi connectivity index (χ0v) is 10.5. The topological polar surface area (TPSA) is 38.0 Å². The maximum absolute atomic E-state index is 5.75. The highest BCUT2D eigenvalue weighted by Gasteiger charge is 2.02. The van der Waals surface area contributed by atoms with Gasteiger partial charge < -0.3 is 11.1 Å². The van der Waals surface area contributed by atoms with E-state index >= 15 is 0 Å². The summed E-state index contributed by atoms with van der Waals surface area (Å²) >= 11 is 0. The fourth-order valence-corrected chi connectivity index (χ4v) is 1.84. The van der Waals surface area contributed by atoms with Gasteiger partial charge in [0.25, 0.3) is 0 Å². The van der Waals surface area contributed by atoms with E-state index in [9.17, 15) is 0 Å². The van der Waals surface area contributed by atoms with Gasteiger partial charge in [-0.05, 0) is 61.7 Å². The molecule has 0 aliphatic rings. The van der Waals surface area contributed by atoms with Gasteiger partial charge in [0.2, 0.25) is 0 Å². The first-order valence-electron chi connectivity index (χ1n) is 5.76. The summed E-state index contributed by atoms with van der Waals surface area (Å²) in [5, 5.41) is 3.45. The fourth-order valence-electron chi connectivity index (χ4n) is 1.84. The highest BCUT2D eigenvalue weighted by atomic mass is 14.9. The molecule has 0 aliphatic carbocycles. The number of anilines is 3. The highest BCUT2D eigenvalue weighted by Crippen LogP contribution is 2.25. The van der Waals surface area contributed by atoms with Crippen molar-refractivity contribution in [3.63, 3.8) is 0 Å². The lowest BCUT2D eigenvalue weighted by atomic mass is 10.1. The van der Waals surface area contributed by atoms with Crippen LogP contribution in [-0.2, 0) is 0 Å². The summed E-state index contributed by atoms with van der Waals surface area (Å²) in [6.07, 6.45) is 0. The number of nitrogen functional groups attached to an aromatic ring is 1. The molecule has 0 heterocycles. The molecule has 0 fully saturated rings. The lowest BCUT2D eigenvalue weighted by Gasteiger charge is -2.13. The van der Waals surface area contributed by atoms with E-state index in [-0.39, 0.29) is 0 Å². The van der Waals surface area contributed by atoms with Gasteiger partial charge in [0.1, 0.15) is 0 Å². The van der Waals surface area contributed by atoms with Gasteiger partial charge in [-0.2, -0.15) is 0 Å². The van der Waals surface area contributed by atoms with Crippen LogP contribution in [0.5, 0.6) is 0 Å². The Balaban J connectivity index is 2.34. The predicted octanol–water partition coefficient (Wildman–Crippen LogP) is 3.94. The van der Waals surface area contributed by atoms with Gasteiger partial charge in [-0.1, -0.05) is 12.1 Å². The maximum atomic E-state index is 5.75. The fraction of sp³-hybridized carbons (Fsp3) is 0.200. The third-order valence-corrected chi connectivity index (χ3v) is 2.91. The molecule has 0 aromatic heterocycles. The molecule has 0 saturated carbocycles. The first-order valence-corrected chi connectivity index (χ1v) is 5.76. The van der Waals surface area contributed by atoms with Crippen LogP contribution >= 0.6 is 0 Å². The number of benzene rings is 2. The zero-order valence-electron chi connectivity index (χ0n) is 10.5. The molecule has 3 N–H and O–H groups in total. The number of aryl methyl sites for hydroxylation is 3. The monoisotopic (exact) mass is 226 g/mol. The van der Waals surface area contributed by atoms with Crippen LogP contribution in [-0.4, -0.2) is 0 Å². The van der Waals surface area contributed by atoms with Gasteiger partial charge in [-0.15, -0.1) is 0 Å². The molecule has 0 bridgehead atoms. The summed E-state index contributed by atoms with van der Waals surface area (Å²) in [7, 11) is 0. The zero-order chi connectivity index (χ0) is 12.4. The second-order valence-corrected chi connectivity index (χ2v) is 4.52. The van der Waals surface area contributed by atoms with Gasteiger partial charge in [0.05, 0.1) is 0 Å². The molecule has 0 atom stereocenters. The maximum Gasteiger partial charge on any atom is 0.0416 e. The molecule has 0 saturated heterocycles. The third-order valence-electron chi connectivity index (χ3n) is 2.91. The molecule has 0 unspecified atom stereocenters. The molecular weight excluding hydrogens is 208 g/mol. The van der Waals surface area contributed by atoms with Crippen LogP contribution in [0.4, 0.5) is 17.1 Å². The van der Waals surface area contributed by atoms with Gasteiger partial charge in [0, 0.05) is 17.1 Å². The smallest absolute Gasteiger partial charge is 0.0416 e. The number of nitrogens with one attached hydrogen (secondary N) is 1. The third kappa shape index (κ3) is 2.59. The molecule has 0 amide bonds. The Morgan fingerprint density at radius 1 is 0.824 bits per heavy atom. The quantitative estimate of drug-likeness (QED) is 0.761. The van der Waals surface area contributed by atoms with Crippen LogP contribution in [0.15, 0.2) is 36.4 Å². The minimum Gasteiger partial charge on any atom is -0.399 e. The van der Waals surface area contributed by atoms with Crippen LogP contribution in [0.1, 0.15) is 16.7 Å². The first-order chi connectivity index (χ1) is 8.06. The lowest BCUT2D eigenvalue weighted by molar-refractivity contribution is 1.36. The molecular formula is C15H18N2. The van der Waals surface area contributed by atoms with Crippen LogP contribution in [0.2, 0.25) is 0 Å². The molecule has 2 aromatic carbocycles. The highest BCUT2D eigenvalue weighted by molar-refractivity contribution is 5.68. The Morgan fingerprint density at radius 2 is 1.59 bits per heavy atom. The summed E-state index contributed by atoms with van der Waals surface area (Å²) in [6.45, 7) is 6.26. The number of hydrogen-bond donors (Lipinski definition) is 2. The molecule has 2 nitrogen and oxygen atoms in total. The average Bonchev–Trinajstić information content (AvgIpc) is 2.27. The Bertz CT molecular complexity index is 545. The molecule has 2 aromatic rings. The Hall–Kier alpha value is -1.96. The molecule has 0 spiro atoms. The predicted molar refractivity (Wildman–Crippen MR) is 74.8 cm³/mol. The van der Waals surface area contributed by atoms with Crippen molar-refractivity contribution in [1.29, 1.82) is 0 Å². The van der Waals surface area contributed by atoms with Crippen molar-refractivity contribution in [2.45, 2.75) is 20.8 Å². The minimum atomic E-state index is 0.800. The van der Waals surface area contributed by atoms with Crippen molar-refractivity contribution in [1.82, 2.24) is 0 Å². The van der Waals surface area contributed by atoms with Crippen molar-refractivity contribution in [3.8, 4) is 0 Å². The number of nitrogens with two attached hydrogens (primary N) is 1. The van der Waals surface area contributed by atoms with Crippen LogP contribution in [0, 0.1) is 20.8 Å².